The molecule has 0 radical (unpaired) electrons. The minimum Gasteiger partial charge on any atom is -0.744 e. The molecule has 65 heavy (non-hydrogen) atoms. The average Bonchev–Trinajstić information content (AvgIpc) is 3.28. The molecule has 0 unspecified atom stereocenters. The number of rotatable bonds is 52. The molecule has 0 N–H and O–H groups in total. The molecule has 1 aromatic carbocycles. The molecule has 0 aliphatic rings. The van der Waals surface area contributed by atoms with Gasteiger partial charge in [0.2, 0.25) is 0 Å². The van der Waals surface area contributed by atoms with Gasteiger partial charge in [-0.3, -0.25) is 0 Å². The van der Waals surface area contributed by atoms with Crippen molar-refractivity contribution < 1.29 is 31.8 Å². The Morgan fingerprint density at radius 2 is 0.492 bits per heavy atom. The molecular formula is C60H113LiO3S. The van der Waals surface area contributed by atoms with Gasteiger partial charge in [0, 0.05) is 0 Å². The molecule has 1 rings (SSSR count). The molecule has 0 saturated heterocycles. The monoisotopic (exact) mass is 921 g/mol. The topological polar surface area (TPSA) is 57.2 Å². The summed E-state index contributed by atoms with van der Waals surface area (Å²) in [4.78, 5) is 0.0793. The van der Waals surface area contributed by atoms with Crippen LogP contribution in [0.3, 0.4) is 0 Å². The molecule has 0 heterocycles. The first-order valence-corrected chi connectivity index (χ1v) is 31.0. The van der Waals surface area contributed by atoms with Gasteiger partial charge in [0.15, 0.2) is 0 Å². The number of hydrogen-bond donors (Lipinski definition) is 0. The summed E-state index contributed by atoms with van der Waals surface area (Å²) in [6, 6.07) is 3.71. The second kappa shape index (κ2) is 50.1. The molecular weight excluding hydrogens is 808 g/mol. The zero-order valence-electron chi connectivity index (χ0n) is 44.9. The van der Waals surface area contributed by atoms with Gasteiger partial charge in [-0.1, -0.05) is 316 Å². The van der Waals surface area contributed by atoms with Crippen molar-refractivity contribution in [2.24, 2.45) is 0 Å². The standard InChI is InChI=1S/C60H114O3S.Li/c1-4-7-10-13-16-19-22-25-28-31-34-37-40-43-46-49-52-57-55-56-60(64(61,62)63)59(54-51-48-45-42-39-36-33-30-27-24-21-18-15-12-9-6-3)58(57)53-50-47-44-41-38-35-32-29-26-23-20-17-14-11-8-5-2;/h55-56H,4-54H2,1-3H3,(H,61,62,63);/q;+1/p-1. The SMILES string of the molecule is CCCCCCCCCCCCCCCCCCc1ccc(S(=O)(=O)[O-])c(CCCCCCCCCCCCCCCCCC)c1CCCCCCCCCCCCCCCCCC.[Li+]. The fraction of sp³-hybridized carbons (Fsp3) is 0.900. The van der Waals surface area contributed by atoms with Gasteiger partial charge in [-0.05, 0) is 61.3 Å². The molecule has 0 fully saturated rings. The van der Waals surface area contributed by atoms with Crippen molar-refractivity contribution in [1.82, 2.24) is 0 Å². The maximum Gasteiger partial charge on any atom is 1.00 e. The van der Waals surface area contributed by atoms with Crippen LogP contribution in [0.1, 0.15) is 346 Å². The van der Waals surface area contributed by atoms with Crippen molar-refractivity contribution in [3.05, 3.63) is 28.8 Å². The van der Waals surface area contributed by atoms with Crippen molar-refractivity contribution in [2.75, 3.05) is 0 Å². The van der Waals surface area contributed by atoms with Crippen LogP contribution in [0.25, 0.3) is 0 Å². The van der Waals surface area contributed by atoms with Gasteiger partial charge in [0.1, 0.15) is 10.1 Å². The normalized spacial score (nSPS) is 11.8. The summed E-state index contributed by atoms with van der Waals surface area (Å²) in [6.45, 7) is 6.88. The van der Waals surface area contributed by atoms with Crippen LogP contribution >= 0.6 is 0 Å². The molecule has 0 saturated carbocycles. The molecule has 0 aliphatic heterocycles. The fourth-order valence-corrected chi connectivity index (χ4v) is 11.1. The molecule has 3 nitrogen and oxygen atoms in total. The van der Waals surface area contributed by atoms with Crippen molar-refractivity contribution in [2.45, 2.75) is 353 Å². The van der Waals surface area contributed by atoms with Crippen LogP contribution in [-0.4, -0.2) is 13.0 Å². The minimum atomic E-state index is -4.51. The van der Waals surface area contributed by atoms with Gasteiger partial charge in [0.05, 0.1) is 4.90 Å². The Bertz CT molecular complexity index is 1210. The van der Waals surface area contributed by atoms with Crippen molar-refractivity contribution in [3.8, 4) is 0 Å². The van der Waals surface area contributed by atoms with Crippen LogP contribution in [0.4, 0.5) is 0 Å². The molecule has 0 spiro atoms. The Morgan fingerprint density at radius 3 is 0.723 bits per heavy atom. The summed E-state index contributed by atoms with van der Waals surface area (Å²) in [5.41, 5.74) is 3.43. The molecule has 1 aromatic rings. The molecule has 0 aliphatic carbocycles. The van der Waals surface area contributed by atoms with Crippen molar-refractivity contribution in [3.63, 3.8) is 0 Å². The molecule has 0 atom stereocenters. The van der Waals surface area contributed by atoms with Crippen LogP contribution in [0.2, 0.25) is 0 Å². The van der Waals surface area contributed by atoms with E-state index in [1.165, 1.54) is 294 Å². The van der Waals surface area contributed by atoms with E-state index >= 15 is 0 Å². The predicted molar refractivity (Wildman–Crippen MR) is 284 cm³/mol. The van der Waals surface area contributed by atoms with E-state index in [4.69, 9.17) is 0 Å². The fourth-order valence-electron chi connectivity index (χ4n) is 10.3. The van der Waals surface area contributed by atoms with Crippen LogP contribution in [-0.2, 0) is 29.4 Å². The second-order valence-electron chi connectivity index (χ2n) is 20.8. The summed E-state index contributed by atoms with van der Waals surface area (Å²) in [5.74, 6) is 0. The third kappa shape index (κ3) is 41.2. The number of hydrogen-bond acceptors (Lipinski definition) is 3. The average molecular weight is 922 g/mol. The summed E-state index contributed by atoms with van der Waals surface area (Å²) >= 11 is 0. The zero-order chi connectivity index (χ0) is 46.3. The van der Waals surface area contributed by atoms with Gasteiger partial charge in [-0.25, -0.2) is 8.42 Å². The van der Waals surface area contributed by atoms with E-state index in [0.717, 1.165) is 50.5 Å². The Labute approximate surface area is 421 Å². The van der Waals surface area contributed by atoms with E-state index in [0.29, 0.717) is 0 Å². The first-order chi connectivity index (χ1) is 31.5. The van der Waals surface area contributed by atoms with Crippen LogP contribution in [0, 0.1) is 0 Å². The van der Waals surface area contributed by atoms with E-state index in [-0.39, 0.29) is 23.8 Å². The van der Waals surface area contributed by atoms with Gasteiger partial charge < -0.3 is 4.55 Å². The predicted octanol–water partition coefficient (Wildman–Crippen LogP) is 18.0. The molecule has 378 valence electrons. The number of unbranched alkanes of at least 4 members (excludes halogenated alkanes) is 45. The zero-order valence-corrected chi connectivity index (χ0v) is 45.7. The Balaban J connectivity index is 0.0000410. The van der Waals surface area contributed by atoms with E-state index in [2.05, 4.69) is 20.8 Å². The number of aryl methyl sites for hydroxylation is 1. The summed E-state index contributed by atoms with van der Waals surface area (Å²) in [7, 11) is -4.51. The summed E-state index contributed by atoms with van der Waals surface area (Å²) in [5, 5.41) is 0. The van der Waals surface area contributed by atoms with E-state index < -0.39 is 10.1 Å². The van der Waals surface area contributed by atoms with Crippen molar-refractivity contribution in [1.29, 1.82) is 0 Å². The Kier molecular flexibility index (Phi) is 49.9. The third-order valence-electron chi connectivity index (χ3n) is 14.6. The Morgan fingerprint density at radius 1 is 0.292 bits per heavy atom. The first-order valence-electron chi connectivity index (χ1n) is 29.5. The maximum absolute atomic E-state index is 12.7. The quantitative estimate of drug-likeness (QED) is 0.0372. The smallest absolute Gasteiger partial charge is 0.744 e. The van der Waals surface area contributed by atoms with E-state index in [9.17, 15) is 13.0 Å². The molecule has 5 heteroatoms. The molecule has 0 bridgehead atoms. The van der Waals surface area contributed by atoms with E-state index in [1.807, 2.05) is 6.07 Å². The van der Waals surface area contributed by atoms with Gasteiger partial charge in [-0.15, -0.1) is 0 Å². The van der Waals surface area contributed by atoms with Crippen LogP contribution in [0.15, 0.2) is 17.0 Å². The van der Waals surface area contributed by atoms with E-state index in [1.54, 1.807) is 6.07 Å². The van der Waals surface area contributed by atoms with Crippen LogP contribution < -0.4 is 18.9 Å². The minimum absolute atomic E-state index is 0. The van der Waals surface area contributed by atoms with Gasteiger partial charge in [-0.2, -0.15) is 0 Å². The third-order valence-corrected chi connectivity index (χ3v) is 15.5. The molecule has 0 aromatic heterocycles. The van der Waals surface area contributed by atoms with Crippen LogP contribution in [0.5, 0.6) is 0 Å². The number of benzene rings is 1. The summed E-state index contributed by atoms with van der Waals surface area (Å²) in [6.07, 6.45) is 67.5. The van der Waals surface area contributed by atoms with Crippen molar-refractivity contribution >= 4 is 10.1 Å². The van der Waals surface area contributed by atoms with Gasteiger partial charge in [0.25, 0.3) is 0 Å². The molecule has 0 amide bonds. The summed E-state index contributed by atoms with van der Waals surface area (Å²) < 4.78 is 38.0. The Hall–Kier alpha value is -0.273. The second-order valence-corrected chi connectivity index (χ2v) is 22.1. The largest absolute Gasteiger partial charge is 1.00 e. The first kappa shape index (κ1) is 64.7. The maximum atomic E-state index is 12.7. The van der Waals surface area contributed by atoms with Gasteiger partial charge >= 0.3 is 18.9 Å².